The summed E-state index contributed by atoms with van der Waals surface area (Å²) in [5.74, 6) is 0.230. The highest BCUT2D eigenvalue weighted by molar-refractivity contribution is 5.94. The maximum absolute atomic E-state index is 13.1. The lowest BCUT2D eigenvalue weighted by Gasteiger charge is -2.39. The molecular weight excluding hydrogens is 308 g/mol. The van der Waals surface area contributed by atoms with E-state index in [4.69, 9.17) is 0 Å². The highest BCUT2D eigenvalue weighted by atomic mass is 16.2. The number of nitrogens with zero attached hydrogens (tertiary/aromatic N) is 1. The van der Waals surface area contributed by atoms with Gasteiger partial charge in [-0.15, -0.1) is 0 Å². The van der Waals surface area contributed by atoms with Gasteiger partial charge in [0.2, 0.25) is 5.91 Å². The van der Waals surface area contributed by atoms with Crippen molar-refractivity contribution in [1.82, 2.24) is 0 Å². The second-order valence-corrected chi connectivity index (χ2v) is 6.94. The van der Waals surface area contributed by atoms with Gasteiger partial charge >= 0.3 is 0 Å². The molecule has 0 aliphatic carbocycles. The first-order valence-corrected chi connectivity index (χ1v) is 9.43. The highest BCUT2D eigenvalue weighted by Gasteiger charge is 2.32. The third kappa shape index (κ3) is 4.04. The summed E-state index contributed by atoms with van der Waals surface area (Å²) >= 11 is 0. The van der Waals surface area contributed by atoms with E-state index in [0.717, 1.165) is 37.1 Å². The molecular formula is C22H28N2O. The summed E-state index contributed by atoms with van der Waals surface area (Å²) in [4.78, 5) is 15.2. The van der Waals surface area contributed by atoms with Crippen LogP contribution in [0.1, 0.15) is 57.6 Å². The lowest BCUT2D eigenvalue weighted by molar-refractivity contribution is -0.119. The van der Waals surface area contributed by atoms with E-state index in [1.807, 2.05) is 35.2 Å². The van der Waals surface area contributed by atoms with Gasteiger partial charge < -0.3 is 10.2 Å². The standard InChI is InChI=1S/C22H28N2O/c1-3-4-6-15-22(25)24(18-11-7-5-8-12-18)21-16-17(2)23-20-14-10-9-13-19(20)21/h5,7-14,17,21,23H,3-4,6,15-16H2,1-2H3/t17-,21+/m1/s1. The quantitative estimate of drug-likeness (QED) is 0.702. The minimum absolute atomic E-state index is 0.0870. The number of carbonyl (C=O) groups is 1. The van der Waals surface area contributed by atoms with Crippen LogP contribution in [0.15, 0.2) is 54.6 Å². The van der Waals surface area contributed by atoms with Crippen molar-refractivity contribution in [3.05, 3.63) is 60.2 Å². The van der Waals surface area contributed by atoms with Gasteiger partial charge in [0.05, 0.1) is 6.04 Å². The van der Waals surface area contributed by atoms with Gasteiger partial charge in [-0.05, 0) is 43.5 Å². The molecule has 0 fully saturated rings. The SMILES string of the molecule is CCCCCC(=O)N(c1ccccc1)[C@H]1C[C@@H](C)Nc2ccccc21. The Kier molecular flexibility index (Phi) is 5.75. The molecule has 1 aliphatic heterocycles. The van der Waals surface area contributed by atoms with Gasteiger partial charge in [-0.3, -0.25) is 4.79 Å². The van der Waals surface area contributed by atoms with E-state index in [0.29, 0.717) is 12.5 Å². The number of nitrogens with one attached hydrogen (secondary N) is 1. The van der Waals surface area contributed by atoms with Crippen LogP contribution < -0.4 is 10.2 Å². The monoisotopic (exact) mass is 336 g/mol. The van der Waals surface area contributed by atoms with Crippen LogP contribution in [-0.2, 0) is 4.79 Å². The second-order valence-electron chi connectivity index (χ2n) is 6.94. The summed E-state index contributed by atoms with van der Waals surface area (Å²) in [5.41, 5.74) is 3.36. The van der Waals surface area contributed by atoms with Gasteiger partial charge in [0.25, 0.3) is 0 Å². The van der Waals surface area contributed by atoms with E-state index in [9.17, 15) is 4.79 Å². The number of unbranched alkanes of at least 4 members (excludes halogenated alkanes) is 2. The third-order valence-corrected chi connectivity index (χ3v) is 4.91. The predicted octanol–water partition coefficient (Wildman–Crippen LogP) is 5.55. The molecule has 0 unspecified atom stereocenters. The lowest BCUT2D eigenvalue weighted by Crippen LogP contribution is -2.40. The molecule has 1 amide bonds. The zero-order valence-electron chi connectivity index (χ0n) is 15.2. The molecule has 132 valence electrons. The smallest absolute Gasteiger partial charge is 0.227 e. The molecule has 2 atom stereocenters. The number of anilines is 2. The molecule has 1 N–H and O–H groups in total. The highest BCUT2D eigenvalue weighted by Crippen LogP contribution is 2.39. The van der Waals surface area contributed by atoms with E-state index in [2.05, 4.69) is 43.4 Å². The van der Waals surface area contributed by atoms with Crippen LogP contribution in [-0.4, -0.2) is 11.9 Å². The molecule has 0 saturated carbocycles. The summed E-state index contributed by atoms with van der Waals surface area (Å²) < 4.78 is 0. The molecule has 0 spiro atoms. The van der Waals surface area contributed by atoms with Crippen molar-refractivity contribution in [2.45, 2.75) is 58.0 Å². The number of para-hydroxylation sites is 2. The van der Waals surface area contributed by atoms with Crippen LogP contribution in [0.25, 0.3) is 0 Å². The first kappa shape index (κ1) is 17.5. The summed E-state index contributed by atoms with van der Waals surface area (Å²) in [6.07, 6.45) is 4.73. The van der Waals surface area contributed by atoms with Crippen LogP contribution >= 0.6 is 0 Å². The average molecular weight is 336 g/mol. The van der Waals surface area contributed by atoms with E-state index in [-0.39, 0.29) is 11.9 Å². The molecule has 3 rings (SSSR count). The summed E-state index contributed by atoms with van der Waals surface area (Å²) in [6, 6.07) is 18.9. The summed E-state index contributed by atoms with van der Waals surface area (Å²) in [6.45, 7) is 4.36. The fourth-order valence-electron chi connectivity index (χ4n) is 3.68. The Balaban J connectivity index is 1.96. The molecule has 0 radical (unpaired) electrons. The Bertz CT molecular complexity index is 698. The average Bonchev–Trinajstić information content (AvgIpc) is 2.63. The summed E-state index contributed by atoms with van der Waals surface area (Å²) in [7, 11) is 0. The first-order valence-electron chi connectivity index (χ1n) is 9.43. The number of hydrogen-bond donors (Lipinski definition) is 1. The van der Waals surface area contributed by atoms with E-state index < -0.39 is 0 Å². The number of amides is 1. The van der Waals surface area contributed by atoms with E-state index >= 15 is 0 Å². The topological polar surface area (TPSA) is 32.3 Å². The Hall–Kier alpha value is -2.29. The summed E-state index contributed by atoms with van der Waals surface area (Å²) in [5, 5.41) is 3.55. The van der Waals surface area contributed by atoms with Gasteiger partial charge in [-0.1, -0.05) is 56.2 Å². The van der Waals surface area contributed by atoms with Crippen LogP contribution in [0.5, 0.6) is 0 Å². The largest absolute Gasteiger partial charge is 0.382 e. The van der Waals surface area contributed by atoms with Crippen molar-refractivity contribution in [1.29, 1.82) is 0 Å². The minimum Gasteiger partial charge on any atom is -0.382 e. The van der Waals surface area contributed by atoms with Crippen LogP contribution in [0, 0.1) is 0 Å². The van der Waals surface area contributed by atoms with Crippen molar-refractivity contribution in [3.8, 4) is 0 Å². The second kappa shape index (κ2) is 8.19. The maximum Gasteiger partial charge on any atom is 0.227 e. The number of rotatable bonds is 6. The molecule has 0 bridgehead atoms. The number of fused-ring (bicyclic) bond motifs is 1. The van der Waals surface area contributed by atoms with Gasteiger partial charge in [0.1, 0.15) is 0 Å². The van der Waals surface area contributed by atoms with Crippen molar-refractivity contribution in [3.63, 3.8) is 0 Å². The Morgan fingerprint density at radius 2 is 1.80 bits per heavy atom. The predicted molar refractivity (Wildman–Crippen MR) is 105 cm³/mol. The zero-order chi connectivity index (χ0) is 17.6. The van der Waals surface area contributed by atoms with E-state index in [1.165, 1.54) is 5.56 Å². The van der Waals surface area contributed by atoms with Crippen molar-refractivity contribution < 1.29 is 4.79 Å². The number of benzene rings is 2. The molecule has 1 heterocycles. The molecule has 1 aliphatic rings. The Labute approximate surface area is 151 Å². The van der Waals surface area contributed by atoms with Crippen molar-refractivity contribution in [2.75, 3.05) is 10.2 Å². The first-order chi connectivity index (χ1) is 12.2. The van der Waals surface area contributed by atoms with E-state index in [1.54, 1.807) is 0 Å². The Morgan fingerprint density at radius 1 is 1.08 bits per heavy atom. The third-order valence-electron chi connectivity index (χ3n) is 4.91. The molecule has 3 heteroatoms. The fourth-order valence-corrected chi connectivity index (χ4v) is 3.68. The molecule has 3 nitrogen and oxygen atoms in total. The molecule has 25 heavy (non-hydrogen) atoms. The fraction of sp³-hybridized carbons (Fsp3) is 0.409. The lowest BCUT2D eigenvalue weighted by atomic mass is 9.91. The van der Waals surface area contributed by atoms with Crippen LogP contribution in [0.3, 0.4) is 0 Å². The van der Waals surface area contributed by atoms with Gasteiger partial charge in [-0.2, -0.15) is 0 Å². The maximum atomic E-state index is 13.1. The molecule has 0 saturated heterocycles. The van der Waals surface area contributed by atoms with Crippen molar-refractivity contribution in [2.24, 2.45) is 0 Å². The normalized spacial score (nSPS) is 19.0. The molecule has 2 aromatic rings. The molecule has 0 aromatic heterocycles. The van der Waals surface area contributed by atoms with Crippen molar-refractivity contribution >= 4 is 17.3 Å². The molecule has 2 aromatic carbocycles. The number of carbonyl (C=O) groups excluding carboxylic acids is 1. The minimum atomic E-state index is 0.0870. The van der Waals surface area contributed by atoms with Crippen LogP contribution in [0.2, 0.25) is 0 Å². The van der Waals surface area contributed by atoms with Crippen LogP contribution in [0.4, 0.5) is 11.4 Å². The number of hydrogen-bond acceptors (Lipinski definition) is 2. The van der Waals surface area contributed by atoms with Gasteiger partial charge in [0.15, 0.2) is 0 Å². The van der Waals surface area contributed by atoms with Gasteiger partial charge in [0, 0.05) is 23.8 Å². The Morgan fingerprint density at radius 3 is 2.56 bits per heavy atom. The van der Waals surface area contributed by atoms with Gasteiger partial charge in [-0.25, -0.2) is 0 Å². The zero-order valence-corrected chi connectivity index (χ0v) is 15.2.